The van der Waals surface area contributed by atoms with Gasteiger partial charge in [0.15, 0.2) is 0 Å². The number of nitrogens with one attached hydrogen (secondary N) is 1. The minimum Gasteiger partial charge on any atom is -0.478 e. The van der Waals surface area contributed by atoms with Crippen LogP contribution in [0.5, 0.6) is 0 Å². The molecule has 3 heterocycles. The molecule has 24 heavy (non-hydrogen) atoms. The molecule has 1 saturated heterocycles. The smallest absolute Gasteiger partial charge is 0.335 e. The van der Waals surface area contributed by atoms with Gasteiger partial charge in [0.25, 0.3) is 0 Å². The fourth-order valence-corrected chi connectivity index (χ4v) is 2.69. The van der Waals surface area contributed by atoms with E-state index in [4.69, 9.17) is 5.11 Å². The van der Waals surface area contributed by atoms with Crippen LogP contribution in [0.15, 0.2) is 30.6 Å². The molecule has 0 aliphatic carbocycles. The van der Waals surface area contributed by atoms with Crippen molar-refractivity contribution in [3.63, 3.8) is 0 Å². The van der Waals surface area contributed by atoms with Crippen LogP contribution in [-0.2, 0) is 4.79 Å². The molecular formula is C16H17N5O3. The Balaban J connectivity index is 1.81. The summed E-state index contributed by atoms with van der Waals surface area (Å²) in [5, 5.41) is 12.0. The summed E-state index contributed by atoms with van der Waals surface area (Å²) in [5.74, 6) is -0.514. The zero-order valence-electron chi connectivity index (χ0n) is 13.1. The molecule has 8 heteroatoms. The number of carbonyl (C=O) groups excluding carboxylic acids is 1. The third-order valence-electron chi connectivity index (χ3n) is 3.79. The first-order chi connectivity index (χ1) is 11.5. The summed E-state index contributed by atoms with van der Waals surface area (Å²) in [6.07, 6.45) is 3.90. The third-order valence-corrected chi connectivity index (χ3v) is 3.79. The maximum Gasteiger partial charge on any atom is 0.335 e. The molecule has 3 rings (SSSR count). The number of carboxylic acids is 1. The van der Waals surface area contributed by atoms with E-state index in [9.17, 15) is 9.59 Å². The predicted octanol–water partition coefficient (Wildman–Crippen LogP) is 0.952. The van der Waals surface area contributed by atoms with Gasteiger partial charge in [0, 0.05) is 38.4 Å². The van der Waals surface area contributed by atoms with Gasteiger partial charge in [-0.05, 0) is 24.6 Å². The van der Waals surface area contributed by atoms with Gasteiger partial charge in [0.05, 0.1) is 17.0 Å². The highest BCUT2D eigenvalue weighted by atomic mass is 16.4. The van der Waals surface area contributed by atoms with Crippen LogP contribution in [0.2, 0.25) is 0 Å². The lowest BCUT2D eigenvalue weighted by Crippen LogP contribution is -2.35. The number of pyridine rings is 1. The van der Waals surface area contributed by atoms with E-state index in [1.54, 1.807) is 12.3 Å². The van der Waals surface area contributed by atoms with E-state index in [1.165, 1.54) is 25.3 Å². The quantitative estimate of drug-likeness (QED) is 0.860. The van der Waals surface area contributed by atoms with Crippen LogP contribution in [0.1, 0.15) is 23.7 Å². The number of carbonyl (C=O) groups is 2. The van der Waals surface area contributed by atoms with Crippen molar-refractivity contribution in [2.75, 3.05) is 18.0 Å². The SMILES string of the molecule is CC(=O)N[C@H]1CCN(c2nccc(-c3cc(C(=O)O)ccn3)n2)C1. The number of aromatic carboxylic acids is 1. The topological polar surface area (TPSA) is 108 Å². The van der Waals surface area contributed by atoms with Crippen molar-refractivity contribution in [2.45, 2.75) is 19.4 Å². The van der Waals surface area contributed by atoms with Gasteiger partial charge in [-0.3, -0.25) is 9.78 Å². The molecule has 2 aromatic rings. The maximum absolute atomic E-state index is 11.2. The Hall–Kier alpha value is -3.03. The van der Waals surface area contributed by atoms with Gasteiger partial charge >= 0.3 is 5.97 Å². The predicted molar refractivity (Wildman–Crippen MR) is 86.7 cm³/mol. The van der Waals surface area contributed by atoms with Gasteiger partial charge in [0.1, 0.15) is 0 Å². The molecular weight excluding hydrogens is 310 g/mol. The minimum atomic E-state index is -1.01. The lowest BCUT2D eigenvalue weighted by molar-refractivity contribution is -0.119. The van der Waals surface area contributed by atoms with Gasteiger partial charge in [-0.25, -0.2) is 14.8 Å². The molecule has 0 unspecified atom stereocenters. The molecule has 1 atom stereocenters. The minimum absolute atomic E-state index is 0.0498. The maximum atomic E-state index is 11.2. The Morgan fingerprint density at radius 2 is 2.04 bits per heavy atom. The summed E-state index contributed by atoms with van der Waals surface area (Å²) < 4.78 is 0. The summed E-state index contributed by atoms with van der Waals surface area (Å²) in [4.78, 5) is 37.2. The second kappa shape index (κ2) is 6.61. The van der Waals surface area contributed by atoms with E-state index < -0.39 is 5.97 Å². The molecule has 1 aliphatic rings. The molecule has 2 aromatic heterocycles. The van der Waals surface area contributed by atoms with Crippen LogP contribution in [0.4, 0.5) is 5.95 Å². The molecule has 1 amide bonds. The number of anilines is 1. The van der Waals surface area contributed by atoms with Crippen molar-refractivity contribution in [3.8, 4) is 11.4 Å². The molecule has 124 valence electrons. The fourth-order valence-electron chi connectivity index (χ4n) is 2.69. The van der Waals surface area contributed by atoms with Crippen LogP contribution in [0.3, 0.4) is 0 Å². The van der Waals surface area contributed by atoms with Gasteiger partial charge in [-0.1, -0.05) is 0 Å². The average Bonchev–Trinajstić information content (AvgIpc) is 3.03. The molecule has 1 fully saturated rings. The van der Waals surface area contributed by atoms with E-state index in [-0.39, 0.29) is 17.5 Å². The molecule has 0 aromatic carbocycles. The number of rotatable bonds is 4. The number of hydrogen-bond donors (Lipinski definition) is 2. The van der Waals surface area contributed by atoms with Gasteiger partial charge in [0.2, 0.25) is 11.9 Å². The summed E-state index contributed by atoms with van der Waals surface area (Å²) in [7, 11) is 0. The first-order valence-corrected chi connectivity index (χ1v) is 7.58. The first kappa shape index (κ1) is 15.9. The number of nitrogens with zero attached hydrogens (tertiary/aromatic N) is 4. The summed E-state index contributed by atoms with van der Waals surface area (Å²) in [6, 6.07) is 4.70. The molecule has 8 nitrogen and oxygen atoms in total. The molecule has 0 bridgehead atoms. The Bertz CT molecular complexity index is 780. The Morgan fingerprint density at radius 1 is 1.25 bits per heavy atom. The van der Waals surface area contributed by atoms with Crippen LogP contribution >= 0.6 is 0 Å². The molecule has 0 saturated carbocycles. The Labute approximate surface area is 138 Å². The molecule has 0 spiro atoms. The molecule has 1 aliphatic heterocycles. The van der Waals surface area contributed by atoms with E-state index >= 15 is 0 Å². The van der Waals surface area contributed by atoms with Crippen LogP contribution in [-0.4, -0.2) is 51.1 Å². The van der Waals surface area contributed by atoms with E-state index in [2.05, 4.69) is 20.3 Å². The van der Waals surface area contributed by atoms with Gasteiger partial charge < -0.3 is 15.3 Å². The Morgan fingerprint density at radius 3 is 2.79 bits per heavy atom. The van der Waals surface area contributed by atoms with Gasteiger partial charge in [-0.15, -0.1) is 0 Å². The summed E-state index contributed by atoms with van der Waals surface area (Å²) in [6.45, 7) is 2.89. The van der Waals surface area contributed by atoms with Crippen LogP contribution < -0.4 is 10.2 Å². The van der Waals surface area contributed by atoms with Gasteiger partial charge in [-0.2, -0.15) is 0 Å². The lowest BCUT2D eigenvalue weighted by Gasteiger charge is -2.17. The lowest BCUT2D eigenvalue weighted by atomic mass is 10.2. The summed E-state index contributed by atoms with van der Waals surface area (Å²) in [5.41, 5.74) is 1.20. The molecule has 0 radical (unpaired) electrons. The largest absolute Gasteiger partial charge is 0.478 e. The highest BCUT2D eigenvalue weighted by molar-refractivity contribution is 5.88. The van der Waals surface area contributed by atoms with Crippen molar-refractivity contribution < 1.29 is 14.7 Å². The van der Waals surface area contributed by atoms with E-state index in [0.29, 0.717) is 23.9 Å². The van der Waals surface area contributed by atoms with Crippen molar-refractivity contribution in [2.24, 2.45) is 0 Å². The zero-order chi connectivity index (χ0) is 17.1. The number of aromatic nitrogens is 3. The standard InChI is InChI=1S/C16H17N5O3/c1-10(22)19-12-4-7-21(9-12)16-18-6-3-13(20-16)14-8-11(15(23)24)2-5-17-14/h2-3,5-6,8,12H,4,7,9H2,1H3,(H,19,22)(H,23,24)/t12-/m0/s1. The van der Waals surface area contributed by atoms with Crippen molar-refractivity contribution >= 4 is 17.8 Å². The van der Waals surface area contributed by atoms with Crippen molar-refractivity contribution in [1.29, 1.82) is 0 Å². The van der Waals surface area contributed by atoms with Crippen molar-refractivity contribution in [1.82, 2.24) is 20.3 Å². The van der Waals surface area contributed by atoms with E-state index in [0.717, 1.165) is 13.0 Å². The highest BCUT2D eigenvalue weighted by Crippen LogP contribution is 2.21. The number of amides is 1. The van der Waals surface area contributed by atoms with Crippen LogP contribution in [0.25, 0.3) is 11.4 Å². The summed E-state index contributed by atoms with van der Waals surface area (Å²) >= 11 is 0. The average molecular weight is 327 g/mol. The fraction of sp³-hybridized carbons (Fsp3) is 0.312. The second-order valence-corrected chi connectivity index (χ2v) is 5.61. The zero-order valence-corrected chi connectivity index (χ0v) is 13.1. The first-order valence-electron chi connectivity index (χ1n) is 7.58. The monoisotopic (exact) mass is 327 g/mol. The van der Waals surface area contributed by atoms with E-state index in [1.807, 2.05) is 4.90 Å². The van der Waals surface area contributed by atoms with Crippen molar-refractivity contribution in [3.05, 3.63) is 36.2 Å². The Kier molecular flexibility index (Phi) is 4.37. The molecule has 2 N–H and O–H groups in total. The number of hydrogen-bond acceptors (Lipinski definition) is 6. The number of carboxylic acid groups (broad SMARTS) is 1. The normalized spacial score (nSPS) is 16.9. The highest BCUT2D eigenvalue weighted by Gasteiger charge is 2.25. The van der Waals surface area contributed by atoms with Crippen LogP contribution in [0, 0.1) is 0 Å². The third kappa shape index (κ3) is 3.48. The second-order valence-electron chi connectivity index (χ2n) is 5.61.